The zero-order chi connectivity index (χ0) is 14.5. The molecule has 0 saturated heterocycles. The topological polar surface area (TPSA) is 64.3 Å². The summed E-state index contributed by atoms with van der Waals surface area (Å²) in [5, 5.41) is 3.25. The normalized spacial score (nSPS) is 10.3. The Hall–Kier alpha value is -1.53. The van der Waals surface area contributed by atoms with Crippen molar-refractivity contribution in [3.63, 3.8) is 0 Å². The van der Waals surface area contributed by atoms with Crippen molar-refractivity contribution in [2.24, 2.45) is 0 Å². The number of carbonyl (C=O) groups excluding carboxylic acids is 1. The van der Waals surface area contributed by atoms with Crippen LogP contribution in [0, 0.1) is 0 Å². The minimum absolute atomic E-state index is 0.353. The molecule has 0 aliphatic heterocycles. The Morgan fingerprint density at radius 3 is 2.80 bits per heavy atom. The molecule has 6 heteroatoms. The van der Waals surface area contributed by atoms with Crippen LogP contribution in [0.5, 0.6) is 0 Å². The van der Waals surface area contributed by atoms with Gasteiger partial charge in [0.05, 0.1) is 27.3 Å². The van der Waals surface area contributed by atoms with E-state index in [0.29, 0.717) is 24.4 Å². The zero-order valence-electron chi connectivity index (χ0n) is 11.0. The van der Waals surface area contributed by atoms with Crippen molar-refractivity contribution in [1.29, 1.82) is 0 Å². The molecule has 0 radical (unpaired) electrons. The molecule has 0 spiro atoms. The maximum absolute atomic E-state index is 11.6. The summed E-state index contributed by atoms with van der Waals surface area (Å²) in [4.78, 5) is 12.8. The summed E-state index contributed by atoms with van der Waals surface area (Å²) in [7, 11) is 0. The van der Waals surface area contributed by atoms with Crippen molar-refractivity contribution in [3.05, 3.63) is 44.6 Å². The minimum atomic E-state index is -0.354. The van der Waals surface area contributed by atoms with E-state index in [-0.39, 0.29) is 5.97 Å². The van der Waals surface area contributed by atoms with Crippen LogP contribution in [0.2, 0.25) is 0 Å². The highest BCUT2D eigenvalue weighted by Gasteiger charge is 2.09. The fraction of sp³-hybridized carbons (Fsp3) is 0.214. The predicted molar refractivity (Wildman–Crippen MR) is 86.2 cm³/mol. The van der Waals surface area contributed by atoms with Crippen LogP contribution in [-0.2, 0) is 11.3 Å². The van der Waals surface area contributed by atoms with E-state index >= 15 is 0 Å². The third kappa shape index (κ3) is 3.74. The smallest absolute Gasteiger partial charge is 0.338 e. The van der Waals surface area contributed by atoms with Crippen LogP contribution in [0.15, 0.2) is 34.1 Å². The van der Waals surface area contributed by atoms with Gasteiger partial charge in [-0.05, 0) is 53.2 Å². The van der Waals surface area contributed by atoms with E-state index in [2.05, 4.69) is 21.2 Å². The van der Waals surface area contributed by atoms with Crippen molar-refractivity contribution in [3.8, 4) is 0 Å². The van der Waals surface area contributed by atoms with E-state index < -0.39 is 0 Å². The number of nitrogen functional groups attached to an aromatic ring is 1. The molecule has 0 atom stereocenters. The second-order valence-electron chi connectivity index (χ2n) is 4.08. The highest BCUT2D eigenvalue weighted by atomic mass is 79.9. The maximum atomic E-state index is 11.6. The van der Waals surface area contributed by atoms with Gasteiger partial charge >= 0.3 is 5.97 Å². The minimum Gasteiger partial charge on any atom is -0.462 e. The number of benzene rings is 1. The Balaban J connectivity index is 2.04. The molecule has 2 rings (SSSR count). The van der Waals surface area contributed by atoms with Crippen LogP contribution in [0.25, 0.3) is 0 Å². The van der Waals surface area contributed by atoms with E-state index in [1.54, 1.807) is 36.5 Å². The summed E-state index contributed by atoms with van der Waals surface area (Å²) in [5.41, 5.74) is 7.76. The Morgan fingerprint density at radius 1 is 1.40 bits per heavy atom. The number of hydrogen-bond donors (Lipinski definition) is 2. The summed E-state index contributed by atoms with van der Waals surface area (Å²) >= 11 is 5.09. The van der Waals surface area contributed by atoms with E-state index in [1.807, 2.05) is 12.1 Å². The maximum Gasteiger partial charge on any atom is 0.338 e. The molecule has 1 aromatic heterocycles. The van der Waals surface area contributed by atoms with Crippen molar-refractivity contribution in [2.75, 3.05) is 17.7 Å². The molecule has 0 bridgehead atoms. The molecule has 2 aromatic rings. The number of esters is 1. The van der Waals surface area contributed by atoms with Crippen molar-refractivity contribution in [1.82, 2.24) is 0 Å². The third-order valence-electron chi connectivity index (χ3n) is 2.64. The van der Waals surface area contributed by atoms with Crippen LogP contribution >= 0.6 is 27.3 Å². The largest absolute Gasteiger partial charge is 0.462 e. The third-order valence-corrected chi connectivity index (χ3v) is 4.27. The molecular weight excluding hydrogens is 340 g/mol. The first-order chi connectivity index (χ1) is 9.60. The first-order valence-electron chi connectivity index (χ1n) is 6.15. The van der Waals surface area contributed by atoms with E-state index in [0.717, 1.165) is 9.47 Å². The van der Waals surface area contributed by atoms with Crippen molar-refractivity contribution in [2.45, 2.75) is 13.5 Å². The van der Waals surface area contributed by atoms with Crippen LogP contribution in [-0.4, -0.2) is 12.6 Å². The Labute approximate surface area is 130 Å². The van der Waals surface area contributed by atoms with Crippen molar-refractivity contribution >= 4 is 44.6 Å². The molecule has 0 amide bonds. The van der Waals surface area contributed by atoms with Gasteiger partial charge in [0.2, 0.25) is 0 Å². The lowest BCUT2D eigenvalue weighted by atomic mass is 10.1. The van der Waals surface area contributed by atoms with Gasteiger partial charge in [-0.15, -0.1) is 11.3 Å². The number of halogens is 1. The number of ether oxygens (including phenoxy) is 1. The highest BCUT2D eigenvalue weighted by Crippen LogP contribution is 2.25. The Bertz CT molecular complexity index is 613. The van der Waals surface area contributed by atoms with Gasteiger partial charge in [-0.2, -0.15) is 0 Å². The first-order valence-corrected chi connectivity index (χ1v) is 7.76. The van der Waals surface area contributed by atoms with Crippen LogP contribution in [0.4, 0.5) is 11.4 Å². The molecular formula is C14H15BrN2O2S. The molecule has 0 unspecified atom stereocenters. The lowest BCUT2D eigenvalue weighted by Crippen LogP contribution is -2.07. The van der Waals surface area contributed by atoms with Gasteiger partial charge in [-0.3, -0.25) is 0 Å². The molecule has 1 heterocycles. The number of nitrogens with one attached hydrogen (secondary N) is 1. The average Bonchev–Trinajstić information content (AvgIpc) is 2.83. The quantitative estimate of drug-likeness (QED) is 0.631. The molecule has 0 aliphatic carbocycles. The van der Waals surface area contributed by atoms with Crippen molar-refractivity contribution < 1.29 is 9.53 Å². The number of anilines is 2. The van der Waals surface area contributed by atoms with Gasteiger partial charge in [-0.1, -0.05) is 0 Å². The molecule has 1 aromatic carbocycles. The standard InChI is InChI=1S/C14H15BrN2O2S/c1-2-19-14(18)9-3-5-12(11(16)7-9)17-8-10-4-6-13(15)20-10/h3-7,17H,2,8,16H2,1H3. The predicted octanol–water partition coefficient (Wildman–Crippen LogP) is 3.88. The number of nitrogens with two attached hydrogens (primary N) is 1. The second kappa shape index (κ2) is 6.76. The lowest BCUT2D eigenvalue weighted by Gasteiger charge is -2.10. The van der Waals surface area contributed by atoms with Gasteiger partial charge in [0.15, 0.2) is 0 Å². The summed E-state index contributed by atoms with van der Waals surface area (Å²) in [5.74, 6) is -0.354. The summed E-state index contributed by atoms with van der Waals surface area (Å²) < 4.78 is 6.03. The number of rotatable bonds is 5. The Kier molecular flexibility index (Phi) is 5.03. The van der Waals surface area contributed by atoms with Gasteiger partial charge in [0, 0.05) is 11.4 Å². The Morgan fingerprint density at radius 2 is 2.20 bits per heavy atom. The molecule has 0 aliphatic rings. The fourth-order valence-electron chi connectivity index (χ4n) is 1.69. The molecule has 0 saturated carbocycles. The molecule has 4 nitrogen and oxygen atoms in total. The summed E-state index contributed by atoms with van der Waals surface area (Å²) in [6.45, 7) is 2.82. The zero-order valence-corrected chi connectivity index (χ0v) is 13.4. The van der Waals surface area contributed by atoms with Crippen LogP contribution in [0.3, 0.4) is 0 Å². The highest BCUT2D eigenvalue weighted by molar-refractivity contribution is 9.11. The first kappa shape index (κ1) is 14.9. The molecule has 3 N–H and O–H groups in total. The lowest BCUT2D eigenvalue weighted by molar-refractivity contribution is 0.0526. The molecule has 106 valence electrons. The fourth-order valence-corrected chi connectivity index (χ4v) is 3.12. The SMILES string of the molecule is CCOC(=O)c1ccc(NCc2ccc(Br)s2)c(N)c1. The van der Waals surface area contributed by atoms with Gasteiger partial charge < -0.3 is 15.8 Å². The van der Waals surface area contributed by atoms with E-state index in [9.17, 15) is 4.79 Å². The van der Waals surface area contributed by atoms with E-state index in [1.165, 1.54) is 4.88 Å². The van der Waals surface area contributed by atoms with Crippen LogP contribution in [0.1, 0.15) is 22.2 Å². The van der Waals surface area contributed by atoms with Crippen LogP contribution < -0.4 is 11.1 Å². The van der Waals surface area contributed by atoms with Gasteiger partial charge in [0.1, 0.15) is 0 Å². The molecule has 0 fully saturated rings. The van der Waals surface area contributed by atoms with Gasteiger partial charge in [0.25, 0.3) is 0 Å². The number of hydrogen-bond acceptors (Lipinski definition) is 5. The average molecular weight is 355 g/mol. The number of carbonyl (C=O) groups is 1. The number of thiophene rings is 1. The summed E-state index contributed by atoms with van der Waals surface area (Å²) in [6.07, 6.45) is 0. The second-order valence-corrected chi connectivity index (χ2v) is 6.63. The van der Waals surface area contributed by atoms with Gasteiger partial charge in [-0.25, -0.2) is 4.79 Å². The molecule has 20 heavy (non-hydrogen) atoms. The van der Waals surface area contributed by atoms with E-state index in [4.69, 9.17) is 10.5 Å². The summed E-state index contributed by atoms with van der Waals surface area (Å²) in [6, 6.07) is 9.19. The monoisotopic (exact) mass is 354 g/mol.